The van der Waals surface area contributed by atoms with Gasteiger partial charge in [-0.15, -0.1) is 0 Å². The van der Waals surface area contributed by atoms with Crippen molar-refractivity contribution in [2.45, 2.75) is 39.2 Å². The minimum Gasteiger partial charge on any atom is -0.396 e. The molecular weight excluding hydrogens is 229 g/mol. The van der Waals surface area contributed by atoms with E-state index in [2.05, 4.69) is 25.8 Å². The Morgan fingerprint density at radius 3 is 2.56 bits per heavy atom. The van der Waals surface area contributed by atoms with Crippen LogP contribution in [0.15, 0.2) is 18.2 Å². The van der Waals surface area contributed by atoms with Crippen LogP contribution in [0, 0.1) is 12.7 Å². The van der Waals surface area contributed by atoms with Crippen molar-refractivity contribution in [3.8, 4) is 0 Å². The summed E-state index contributed by atoms with van der Waals surface area (Å²) in [6.07, 6.45) is 1.65. The third kappa shape index (κ3) is 4.07. The van der Waals surface area contributed by atoms with Crippen molar-refractivity contribution in [2.24, 2.45) is 0 Å². The molecule has 0 fully saturated rings. The maximum absolute atomic E-state index is 13.1. The van der Waals surface area contributed by atoms with E-state index >= 15 is 0 Å². The molecule has 0 saturated carbocycles. The Morgan fingerprint density at radius 1 is 1.33 bits per heavy atom. The van der Waals surface area contributed by atoms with E-state index in [0.29, 0.717) is 5.56 Å². The number of nitrogens with zero attached hydrogens (tertiary/aromatic N) is 1. The summed E-state index contributed by atoms with van der Waals surface area (Å²) < 4.78 is 13.1. The van der Waals surface area contributed by atoms with E-state index in [-0.39, 0.29) is 18.0 Å². The van der Waals surface area contributed by atoms with Crippen LogP contribution in [0.5, 0.6) is 0 Å². The zero-order valence-corrected chi connectivity index (χ0v) is 11.8. The minimum absolute atomic E-state index is 0.0101. The summed E-state index contributed by atoms with van der Waals surface area (Å²) in [5, 5.41) is 9.03. The molecule has 0 aliphatic heterocycles. The van der Waals surface area contributed by atoms with Crippen LogP contribution in [0.1, 0.15) is 31.4 Å². The molecule has 3 heteroatoms. The van der Waals surface area contributed by atoms with E-state index in [9.17, 15) is 4.39 Å². The largest absolute Gasteiger partial charge is 0.396 e. The number of aryl methyl sites for hydroxylation is 1. The van der Waals surface area contributed by atoms with Gasteiger partial charge in [0.15, 0.2) is 0 Å². The smallest absolute Gasteiger partial charge is 0.126 e. The molecule has 0 spiro atoms. The van der Waals surface area contributed by atoms with Crippen molar-refractivity contribution in [3.05, 3.63) is 35.1 Å². The Kier molecular flexibility index (Phi) is 5.29. The van der Waals surface area contributed by atoms with E-state index in [1.54, 1.807) is 6.92 Å². The zero-order valence-electron chi connectivity index (χ0n) is 11.8. The second-order valence-electron chi connectivity index (χ2n) is 5.54. The van der Waals surface area contributed by atoms with Crippen LogP contribution < -0.4 is 0 Å². The molecule has 0 radical (unpaired) electrons. The highest BCUT2D eigenvalue weighted by Crippen LogP contribution is 2.17. The lowest BCUT2D eigenvalue weighted by molar-refractivity contribution is 0.118. The van der Waals surface area contributed by atoms with Crippen LogP contribution in [-0.4, -0.2) is 35.7 Å². The highest BCUT2D eigenvalue weighted by molar-refractivity contribution is 5.24. The van der Waals surface area contributed by atoms with E-state index in [1.807, 2.05) is 12.1 Å². The summed E-state index contributed by atoms with van der Waals surface area (Å²) in [4.78, 5) is 2.24. The molecule has 2 nitrogen and oxygen atoms in total. The van der Waals surface area contributed by atoms with Gasteiger partial charge in [-0.05, 0) is 57.9 Å². The summed E-state index contributed by atoms with van der Waals surface area (Å²) >= 11 is 0. The number of aliphatic hydroxyl groups excluding tert-OH is 1. The molecular formula is C15H24FNO. The van der Waals surface area contributed by atoms with Gasteiger partial charge < -0.3 is 10.0 Å². The maximum Gasteiger partial charge on any atom is 0.126 e. The first-order valence-electron chi connectivity index (χ1n) is 6.44. The number of likely N-dealkylation sites (N-methyl/N-ethyl adjacent to an activating group) is 1. The SMILES string of the molecule is Cc1cc(CCN(C)C(C)(C)CCO)ccc1F. The number of aliphatic hydroxyl groups is 1. The predicted octanol–water partition coefficient (Wildman–Crippen LogP) is 2.77. The number of halogens is 1. The normalized spacial score (nSPS) is 12.2. The van der Waals surface area contributed by atoms with Gasteiger partial charge in [-0.3, -0.25) is 0 Å². The Hall–Kier alpha value is -0.930. The summed E-state index contributed by atoms with van der Waals surface area (Å²) in [6, 6.07) is 5.28. The first kappa shape index (κ1) is 15.1. The van der Waals surface area contributed by atoms with Crippen LogP contribution in [-0.2, 0) is 6.42 Å². The molecule has 102 valence electrons. The van der Waals surface area contributed by atoms with Gasteiger partial charge in [0, 0.05) is 18.7 Å². The van der Waals surface area contributed by atoms with Gasteiger partial charge in [-0.2, -0.15) is 0 Å². The Bertz CT molecular complexity index is 390. The molecule has 0 bridgehead atoms. The Balaban J connectivity index is 2.56. The molecule has 18 heavy (non-hydrogen) atoms. The van der Waals surface area contributed by atoms with Crippen molar-refractivity contribution in [1.82, 2.24) is 4.90 Å². The van der Waals surface area contributed by atoms with E-state index in [1.165, 1.54) is 6.07 Å². The number of hydrogen-bond donors (Lipinski definition) is 1. The second kappa shape index (κ2) is 6.30. The van der Waals surface area contributed by atoms with Crippen LogP contribution in [0.25, 0.3) is 0 Å². The summed E-state index contributed by atoms with van der Waals surface area (Å²) in [5.74, 6) is -0.146. The average Bonchev–Trinajstić information content (AvgIpc) is 2.30. The molecule has 0 aliphatic carbocycles. The van der Waals surface area contributed by atoms with Crippen molar-refractivity contribution in [1.29, 1.82) is 0 Å². The molecule has 0 heterocycles. The topological polar surface area (TPSA) is 23.5 Å². The zero-order chi connectivity index (χ0) is 13.8. The van der Waals surface area contributed by atoms with E-state index in [4.69, 9.17) is 5.11 Å². The first-order valence-corrected chi connectivity index (χ1v) is 6.44. The van der Waals surface area contributed by atoms with Crippen LogP contribution in [0.3, 0.4) is 0 Å². The van der Waals surface area contributed by atoms with Gasteiger partial charge in [-0.1, -0.05) is 12.1 Å². The molecule has 0 atom stereocenters. The Labute approximate surface area is 109 Å². The molecule has 0 aliphatic rings. The van der Waals surface area contributed by atoms with Crippen molar-refractivity contribution in [2.75, 3.05) is 20.2 Å². The fourth-order valence-corrected chi connectivity index (χ4v) is 1.93. The first-order chi connectivity index (χ1) is 8.36. The molecule has 0 aromatic heterocycles. The fraction of sp³-hybridized carbons (Fsp3) is 0.600. The number of rotatable bonds is 6. The van der Waals surface area contributed by atoms with Gasteiger partial charge in [0.25, 0.3) is 0 Å². The molecule has 1 aromatic rings. The Morgan fingerprint density at radius 2 is 2.00 bits per heavy atom. The number of hydrogen-bond acceptors (Lipinski definition) is 2. The molecule has 1 aromatic carbocycles. The molecule has 0 unspecified atom stereocenters. The highest BCUT2D eigenvalue weighted by Gasteiger charge is 2.22. The second-order valence-corrected chi connectivity index (χ2v) is 5.54. The van der Waals surface area contributed by atoms with Crippen molar-refractivity contribution >= 4 is 0 Å². The third-order valence-electron chi connectivity index (χ3n) is 3.72. The summed E-state index contributed by atoms with van der Waals surface area (Å²) in [5.41, 5.74) is 1.84. The molecule has 1 N–H and O–H groups in total. The molecule has 1 rings (SSSR count). The minimum atomic E-state index is -0.146. The van der Waals surface area contributed by atoms with Crippen molar-refractivity contribution < 1.29 is 9.50 Å². The average molecular weight is 253 g/mol. The lowest BCUT2D eigenvalue weighted by Crippen LogP contribution is -2.42. The van der Waals surface area contributed by atoms with Gasteiger partial charge in [0.1, 0.15) is 5.82 Å². The maximum atomic E-state index is 13.1. The van der Waals surface area contributed by atoms with Crippen molar-refractivity contribution in [3.63, 3.8) is 0 Å². The van der Waals surface area contributed by atoms with Gasteiger partial charge in [0.2, 0.25) is 0 Å². The van der Waals surface area contributed by atoms with Crippen LogP contribution in [0.2, 0.25) is 0 Å². The lowest BCUT2D eigenvalue weighted by atomic mass is 9.98. The van der Waals surface area contributed by atoms with E-state index < -0.39 is 0 Å². The summed E-state index contributed by atoms with van der Waals surface area (Å²) in [6.45, 7) is 7.14. The quantitative estimate of drug-likeness (QED) is 0.842. The molecule has 0 saturated heterocycles. The lowest BCUT2D eigenvalue weighted by Gasteiger charge is -2.35. The van der Waals surface area contributed by atoms with Crippen LogP contribution in [0.4, 0.5) is 4.39 Å². The standard InChI is InChI=1S/C15H24FNO/c1-12-11-13(5-6-14(12)16)7-9-17(4)15(2,3)8-10-18/h5-6,11,18H,7-10H2,1-4H3. The monoisotopic (exact) mass is 253 g/mol. The highest BCUT2D eigenvalue weighted by atomic mass is 19.1. The molecule has 0 amide bonds. The third-order valence-corrected chi connectivity index (χ3v) is 3.72. The summed E-state index contributed by atoms with van der Waals surface area (Å²) in [7, 11) is 2.06. The van der Waals surface area contributed by atoms with Crippen LogP contribution >= 0.6 is 0 Å². The van der Waals surface area contributed by atoms with Gasteiger partial charge >= 0.3 is 0 Å². The van der Waals surface area contributed by atoms with Gasteiger partial charge in [-0.25, -0.2) is 4.39 Å². The van der Waals surface area contributed by atoms with E-state index in [0.717, 1.165) is 24.9 Å². The fourth-order valence-electron chi connectivity index (χ4n) is 1.93. The van der Waals surface area contributed by atoms with Gasteiger partial charge in [0.05, 0.1) is 0 Å². The predicted molar refractivity (Wildman–Crippen MR) is 73.3 cm³/mol. The number of benzene rings is 1.